The summed E-state index contributed by atoms with van der Waals surface area (Å²) in [5.74, 6) is -2.02. The molecule has 0 saturated heterocycles. The molecule has 1 heterocycles. The summed E-state index contributed by atoms with van der Waals surface area (Å²) in [5, 5.41) is 54.0. The van der Waals surface area contributed by atoms with E-state index >= 15 is 0 Å². The molecule has 5 N–H and O–H groups in total. The van der Waals surface area contributed by atoms with Gasteiger partial charge in [0.15, 0.2) is 11.5 Å². The summed E-state index contributed by atoms with van der Waals surface area (Å²) in [6.07, 6.45) is 0. The molecule has 5 aromatic rings. The monoisotopic (exact) mass is 501 g/mol. The Morgan fingerprint density at radius 3 is 1.82 bits per heavy atom. The van der Waals surface area contributed by atoms with Crippen molar-refractivity contribution in [1.82, 2.24) is 4.57 Å². The van der Waals surface area contributed by atoms with Gasteiger partial charge in [-0.2, -0.15) is 0 Å². The average molecular weight is 502 g/mol. The first-order chi connectivity index (χ1) is 15.7. The largest absolute Gasteiger partial charge is 0.507 e. The molecule has 0 bridgehead atoms. The number of aromatic nitrogens is 1. The Hall–Kier alpha value is -3.71. The molecule has 0 atom stereocenters. The number of hydrogen-bond donors (Lipinski definition) is 5. The Morgan fingerprint density at radius 2 is 1.18 bits per heavy atom. The predicted octanol–water partition coefficient (Wildman–Crippen LogP) is 2.26. The molecule has 4 aromatic carbocycles. The first-order valence-corrected chi connectivity index (χ1v) is 11.0. The summed E-state index contributed by atoms with van der Waals surface area (Å²) < 4.78 is 1.78. The molecule has 0 spiro atoms. The number of halogens is 1. The zero-order valence-corrected chi connectivity index (χ0v) is 19.3. The van der Waals surface area contributed by atoms with Gasteiger partial charge in [0.25, 0.3) is 0 Å². The normalized spacial score (nSPS) is 11.4. The zero-order chi connectivity index (χ0) is 23.6. The summed E-state index contributed by atoms with van der Waals surface area (Å²) in [6, 6.07) is 17.4. The average Bonchev–Trinajstić information content (AvgIpc) is 3.20. The molecule has 162 valence electrons. The van der Waals surface area contributed by atoms with Crippen molar-refractivity contribution in [2.45, 2.75) is 0 Å². The molecular formula is C24H18B2BrNO5. The summed E-state index contributed by atoms with van der Waals surface area (Å²) in [7, 11) is 3.29. The molecule has 6 nitrogen and oxygen atoms in total. The quantitative estimate of drug-likeness (QED) is 0.188. The van der Waals surface area contributed by atoms with Crippen molar-refractivity contribution in [2.24, 2.45) is 0 Å². The van der Waals surface area contributed by atoms with Gasteiger partial charge in [0.05, 0.1) is 16.4 Å². The fourth-order valence-electron chi connectivity index (χ4n) is 4.46. The molecule has 0 radical (unpaired) electrons. The summed E-state index contributed by atoms with van der Waals surface area (Å²) in [6.45, 7) is 0. The molecule has 9 heteroatoms. The van der Waals surface area contributed by atoms with E-state index in [1.807, 2.05) is 54.6 Å². The van der Waals surface area contributed by atoms with E-state index in [2.05, 4.69) is 15.9 Å². The van der Waals surface area contributed by atoms with E-state index in [9.17, 15) is 25.5 Å². The number of nitrogens with zero attached hydrogens (tertiary/aromatic N) is 1. The van der Waals surface area contributed by atoms with Crippen LogP contribution in [-0.2, 0) is 0 Å². The van der Waals surface area contributed by atoms with Crippen LogP contribution in [-0.4, -0.2) is 45.8 Å². The molecule has 0 aliphatic carbocycles. The maximum absolute atomic E-state index is 10.9. The number of benzene rings is 4. The number of hydrogen-bond acceptors (Lipinski definition) is 5. The highest BCUT2D eigenvalue weighted by molar-refractivity contribution is 9.10. The van der Waals surface area contributed by atoms with Crippen molar-refractivity contribution in [3.63, 3.8) is 0 Å². The van der Waals surface area contributed by atoms with Gasteiger partial charge in [-0.15, -0.1) is 0 Å². The minimum Gasteiger partial charge on any atom is -0.507 e. The SMILES string of the molecule is Bc1c(O)c(O)c(O)c2c1c1c(O)c(Br)c(O)c(B)c1n2-c1ccc(-c2ccccc2)cc1. The van der Waals surface area contributed by atoms with E-state index in [0.29, 0.717) is 27.4 Å². The van der Waals surface area contributed by atoms with E-state index in [1.54, 1.807) is 20.3 Å². The van der Waals surface area contributed by atoms with Crippen molar-refractivity contribution >= 4 is 64.4 Å². The first kappa shape index (κ1) is 21.2. The Bertz CT molecular complexity index is 1500. The van der Waals surface area contributed by atoms with Crippen LogP contribution >= 0.6 is 15.9 Å². The van der Waals surface area contributed by atoms with E-state index in [-0.39, 0.29) is 27.0 Å². The van der Waals surface area contributed by atoms with Crippen molar-refractivity contribution < 1.29 is 25.5 Å². The van der Waals surface area contributed by atoms with Crippen molar-refractivity contribution in [1.29, 1.82) is 0 Å². The van der Waals surface area contributed by atoms with E-state index < -0.39 is 17.2 Å². The van der Waals surface area contributed by atoms with Gasteiger partial charge in [-0.1, -0.05) is 42.5 Å². The standard InChI is InChI=1S/C24H18B2BrNO5/c25-15-13-14-18(16(26)21(30)17(27)20(14)29)28(19(13)23(32)24(33)22(15)31)12-8-6-11(7-9-12)10-4-2-1-3-5-10/h1-9,29-33H,25-26H2. The van der Waals surface area contributed by atoms with E-state index in [0.717, 1.165) is 11.1 Å². The van der Waals surface area contributed by atoms with Gasteiger partial charge >= 0.3 is 0 Å². The second-order valence-electron chi connectivity index (χ2n) is 8.00. The molecule has 0 unspecified atom stereocenters. The van der Waals surface area contributed by atoms with Crippen LogP contribution in [0.1, 0.15) is 0 Å². The van der Waals surface area contributed by atoms with Crippen LogP contribution in [0.5, 0.6) is 28.7 Å². The summed E-state index contributed by atoms with van der Waals surface area (Å²) in [4.78, 5) is 0. The van der Waals surface area contributed by atoms with Crippen molar-refractivity contribution in [3.8, 4) is 45.6 Å². The highest BCUT2D eigenvalue weighted by atomic mass is 79.9. The van der Waals surface area contributed by atoms with Crippen LogP contribution < -0.4 is 10.9 Å². The third-order valence-electron chi connectivity index (χ3n) is 6.17. The lowest BCUT2D eigenvalue weighted by Crippen LogP contribution is -2.10. The number of aromatic hydroxyl groups is 5. The Labute approximate surface area is 198 Å². The lowest BCUT2D eigenvalue weighted by molar-refractivity contribution is 0.372. The van der Waals surface area contributed by atoms with Crippen LogP contribution in [0.3, 0.4) is 0 Å². The number of rotatable bonds is 2. The maximum Gasteiger partial charge on any atom is 0.201 e. The van der Waals surface area contributed by atoms with E-state index in [1.165, 1.54) is 0 Å². The molecule has 0 aliphatic rings. The van der Waals surface area contributed by atoms with Crippen LogP contribution in [0.2, 0.25) is 0 Å². The fraction of sp³-hybridized carbons (Fsp3) is 0. The first-order valence-electron chi connectivity index (χ1n) is 10.2. The molecular weight excluding hydrogens is 484 g/mol. The third kappa shape index (κ3) is 2.89. The lowest BCUT2D eigenvalue weighted by atomic mass is 9.86. The number of fused-ring (bicyclic) bond motifs is 3. The molecule has 0 amide bonds. The van der Waals surface area contributed by atoms with Gasteiger partial charge in [-0.3, -0.25) is 0 Å². The second kappa shape index (κ2) is 7.42. The Morgan fingerprint density at radius 1 is 0.576 bits per heavy atom. The Balaban J connectivity index is 1.95. The second-order valence-corrected chi connectivity index (χ2v) is 8.80. The molecule has 1 aromatic heterocycles. The predicted molar refractivity (Wildman–Crippen MR) is 139 cm³/mol. The summed E-state index contributed by atoms with van der Waals surface area (Å²) in [5.41, 5.74) is 4.07. The molecule has 0 fully saturated rings. The number of phenols is 5. The molecule has 5 rings (SSSR count). The van der Waals surface area contributed by atoms with Gasteiger partial charge < -0.3 is 30.1 Å². The maximum atomic E-state index is 10.9. The van der Waals surface area contributed by atoms with Crippen molar-refractivity contribution in [2.75, 3.05) is 0 Å². The fourth-order valence-corrected chi connectivity index (χ4v) is 4.95. The van der Waals surface area contributed by atoms with Gasteiger partial charge in [0.2, 0.25) is 5.75 Å². The third-order valence-corrected chi connectivity index (χ3v) is 6.92. The van der Waals surface area contributed by atoms with E-state index in [4.69, 9.17) is 0 Å². The minimum atomic E-state index is -0.648. The molecule has 0 saturated carbocycles. The topological polar surface area (TPSA) is 106 Å². The minimum absolute atomic E-state index is 0.109. The van der Waals surface area contributed by atoms with Gasteiger partial charge in [0, 0.05) is 11.1 Å². The van der Waals surface area contributed by atoms with Crippen LogP contribution in [0.25, 0.3) is 38.6 Å². The molecule has 0 aliphatic heterocycles. The van der Waals surface area contributed by atoms with Crippen LogP contribution in [0.4, 0.5) is 0 Å². The van der Waals surface area contributed by atoms with Crippen molar-refractivity contribution in [3.05, 3.63) is 59.1 Å². The Kier molecular flexibility index (Phi) is 4.76. The lowest BCUT2D eigenvalue weighted by Gasteiger charge is -2.14. The van der Waals surface area contributed by atoms with Crippen LogP contribution in [0.15, 0.2) is 59.1 Å². The smallest absolute Gasteiger partial charge is 0.201 e. The van der Waals surface area contributed by atoms with Crippen LogP contribution in [0, 0.1) is 0 Å². The zero-order valence-electron chi connectivity index (χ0n) is 17.8. The highest BCUT2D eigenvalue weighted by Gasteiger charge is 2.28. The highest BCUT2D eigenvalue weighted by Crippen LogP contribution is 2.49. The van der Waals surface area contributed by atoms with Gasteiger partial charge in [-0.25, -0.2) is 0 Å². The summed E-state index contributed by atoms with van der Waals surface area (Å²) >= 11 is 3.23. The molecule has 33 heavy (non-hydrogen) atoms. The van der Waals surface area contributed by atoms with Gasteiger partial charge in [0.1, 0.15) is 31.7 Å². The van der Waals surface area contributed by atoms with Gasteiger partial charge in [-0.05, 0) is 50.1 Å². The number of phenolic OH excluding ortho intramolecular Hbond substituents is 5.